The number of ether oxygens (including phenoxy) is 1. The van der Waals surface area contributed by atoms with Crippen LogP contribution >= 0.6 is 0 Å². The summed E-state index contributed by atoms with van der Waals surface area (Å²) < 4.78 is 69.3. The number of amides is 1. The summed E-state index contributed by atoms with van der Waals surface area (Å²) in [4.78, 5) is 28.7. The zero-order valence-electron chi connectivity index (χ0n) is 19.0. The van der Waals surface area contributed by atoms with Gasteiger partial charge in [-0.05, 0) is 35.9 Å². The smallest absolute Gasteiger partial charge is 0.376 e. The third-order valence-electron chi connectivity index (χ3n) is 5.67. The molecule has 0 unspecified atom stereocenters. The number of benzene rings is 1. The minimum Gasteiger partial charge on any atom is -0.376 e. The van der Waals surface area contributed by atoms with E-state index in [4.69, 9.17) is 4.74 Å². The molecule has 0 spiro atoms. The summed E-state index contributed by atoms with van der Waals surface area (Å²) in [6.45, 7) is 0.248. The van der Waals surface area contributed by atoms with E-state index in [1.165, 1.54) is 30.6 Å². The summed E-state index contributed by atoms with van der Waals surface area (Å²) in [6.07, 6.45) is -1.27. The van der Waals surface area contributed by atoms with Crippen molar-refractivity contribution in [2.45, 2.75) is 24.2 Å². The first kappa shape index (κ1) is 24.7. The van der Waals surface area contributed by atoms with Crippen molar-refractivity contribution < 1.29 is 31.1 Å². The Balaban J connectivity index is 1.36. The maximum atomic E-state index is 13.0. The van der Waals surface area contributed by atoms with Gasteiger partial charge in [0.2, 0.25) is 0 Å². The van der Waals surface area contributed by atoms with Gasteiger partial charge in [0.25, 0.3) is 5.91 Å². The molecule has 1 aliphatic heterocycles. The number of carbonyl (C=O) groups excluding carboxylic acids is 1. The van der Waals surface area contributed by atoms with Gasteiger partial charge in [-0.1, -0.05) is 6.07 Å². The number of hydrogen-bond donors (Lipinski definition) is 1. The molecule has 1 amide bonds. The lowest BCUT2D eigenvalue weighted by Crippen LogP contribution is -2.23. The Labute approximate surface area is 208 Å². The molecule has 4 aromatic rings. The van der Waals surface area contributed by atoms with Gasteiger partial charge >= 0.3 is 6.18 Å². The molecule has 5 rings (SSSR count). The molecule has 1 aliphatic rings. The van der Waals surface area contributed by atoms with Crippen molar-refractivity contribution >= 4 is 26.6 Å². The van der Waals surface area contributed by atoms with Gasteiger partial charge in [0.15, 0.2) is 15.5 Å². The van der Waals surface area contributed by atoms with Crippen molar-refractivity contribution in [3.63, 3.8) is 0 Å². The number of sulfone groups is 1. The lowest BCUT2D eigenvalue weighted by Gasteiger charge is -2.10. The topological polar surface area (TPSA) is 124 Å². The monoisotopic (exact) mass is 529 g/mol. The van der Waals surface area contributed by atoms with E-state index >= 15 is 0 Å². The van der Waals surface area contributed by atoms with Crippen molar-refractivity contribution in [1.82, 2.24) is 25.3 Å². The Morgan fingerprint density at radius 3 is 2.68 bits per heavy atom. The number of fused-ring (bicyclic) bond motifs is 2. The summed E-state index contributed by atoms with van der Waals surface area (Å²) >= 11 is 0. The number of halogens is 3. The van der Waals surface area contributed by atoms with Crippen LogP contribution in [0.1, 0.15) is 27.3 Å². The van der Waals surface area contributed by atoms with Gasteiger partial charge in [-0.25, -0.2) is 18.4 Å². The number of aromatic nitrogens is 4. The fourth-order valence-electron chi connectivity index (χ4n) is 3.76. The molecule has 13 heteroatoms. The lowest BCUT2D eigenvalue weighted by molar-refractivity contribution is -0.141. The normalized spacial score (nSPS) is 15.1. The first-order chi connectivity index (χ1) is 17.6. The van der Waals surface area contributed by atoms with E-state index in [9.17, 15) is 26.4 Å². The molecule has 0 saturated carbocycles. The van der Waals surface area contributed by atoms with E-state index in [2.05, 4.69) is 25.3 Å². The Bertz CT molecular complexity index is 1630. The van der Waals surface area contributed by atoms with Gasteiger partial charge in [0.05, 0.1) is 59.7 Å². The number of carbonyl (C=O) groups is 1. The van der Waals surface area contributed by atoms with Crippen LogP contribution in [0.2, 0.25) is 0 Å². The molecule has 9 nitrogen and oxygen atoms in total. The van der Waals surface area contributed by atoms with Crippen LogP contribution < -0.4 is 5.32 Å². The molecule has 190 valence electrons. The fraction of sp³-hybridized carbons (Fsp3) is 0.208. The molecule has 0 bridgehead atoms. The van der Waals surface area contributed by atoms with Crippen LogP contribution in [0.15, 0.2) is 59.9 Å². The maximum Gasteiger partial charge on any atom is 0.434 e. The van der Waals surface area contributed by atoms with Crippen molar-refractivity contribution in [3.8, 4) is 11.4 Å². The highest BCUT2D eigenvalue weighted by molar-refractivity contribution is 7.91. The minimum absolute atomic E-state index is 0.0109. The summed E-state index contributed by atoms with van der Waals surface area (Å²) in [7, 11) is -3.56. The highest BCUT2D eigenvalue weighted by atomic mass is 32.2. The average Bonchev–Trinajstić information content (AvgIpc) is 3.03. The van der Waals surface area contributed by atoms with Crippen LogP contribution in [0.4, 0.5) is 13.2 Å². The van der Waals surface area contributed by atoms with Crippen LogP contribution in [0, 0.1) is 0 Å². The van der Waals surface area contributed by atoms with E-state index in [-0.39, 0.29) is 47.4 Å². The van der Waals surface area contributed by atoms with Crippen molar-refractivity contribution in [2.75, 3.05) is 12.4 Å². The van der Waals surface area contributed by atoms with E-state index in [0.717, 1.165) is 0 Å². The summed E-state index contributed by atoms with van der Waals surface area (Å²) in [5.41, 5.74) is 0.590. The Morgan fingerprint density at radius 2 is 1.86 bits per heavy atom. The summed E-state index contributed by atoms with van der Waals surface area (Å²) in [5, 5.41) is 3.33. The van der Waals surface area contributed by atoms with Gasteiger partial charge in [0.1, 0.15) is 5.69 Å². The van der Waals surface area contributed by atoms with Gasteiger partial charge in [0, 0.05) is 17.1 Å². The van der Waals surface area contributed by atoms with E-state index in [0.29, 0.717) is 28.4 Å². The molecule has 4 heterocycles. The number of hydrogen-bond acceptors (Lipinski definition) is 8. The summed E-state index contributed by atoms with van der Waals surface area (Å²) in [6, 6.07) is 9.19. The first-order valence-electron chi connectivity index (χ1n) is 11.0. The molecule has 1 aromatic carbocycles. The zero-order valence-corrected chi connectivity index (χ0v) is 19.8. The third kappa shape index (κ3) is 5.27. The predicted molar refractivity (Wildman–Crippen MR) is 125 cm³/mol. The van der Waals surface area contributed by atoms with Crippen LogP contribution in [-0.2, 0) is 33.9 Å². The fourth-order valence-corrected chi connectivity index (χ4v) is 5.15. The average molecular weight is 530 g/mol. The summed E-state index contributed by atoms with van der Waals surface area (Å²) in [5.74, 6) is -0.654. The van der Waals surface area contributed by atoms with E-state index in [1.807, 2.05) is 0 Å². The lowest BCUT2D eigenvalue weighted by atomic mass is 10.1. The number of rotatable bonds is 4. The quantitative estimate of drug-likeness (QED) is 0.427. The molecular formula is C24H18F3N5O4S. The molecule has 37 heavy (non-hydrogen) atoms. The van der Waals surface area contributed by atoms with E-state index in [1.54, 1.807) is 18.2 Å². The van der Waals surface area contributed by atoms with Crippen molar-refractivity contribution in [3.05, 3.63) is 77.5 Å². The van der Waals surface area contributed by atoms with Gasteiger partial charge < -0.3 is 10.1 Å². The maximum absolute atomic E-state index is 13.0. The molecular weight excluding hydrogens is 511 g/mol. The molecule has 0 atom stereocenters. The Hall–Kier alpha value is -3.97. The number of nitrogens with zero attached hydrogens (tertiary/aromatic N) is 4. The third-order valence-corrected chi connectivity index (χ3v) is 7.42. The van der Waals surface area contributed by atoms with Gasteiger partial charge in [-0.2, -0.15) is 13.2 Å². The van der Waals surface area contributed by atoms with Crippen LogP contribution in [0.25, 0.3) is 22.3 Å². The second-order valence-corrected chi connectivity index (χ2v) is 10.3. The van der Waals surface area contributed by atoms with Crippen molar-refractivity contribution in [1.29, 1.82) is 0 Å². The van der Waals surface area contributed by atoms with Crippen LogP contribution in [0.3, 0.4) is 0 Å². The number of pyridine rings is 2. The van der Waals surface area contributed by atoms with E-state index < -0.39 is 27.6 Å². The number of alkyl halides is 3. The molecule has 0 aliphatic carbocycles. The minimum atomic E-state index is -4.63. The second-order valence-electron chi connectivity index (χ2n) is 8.23. The molecule has 0 fully saturated rings. The standard InChI is InChI=1S/C24H18F3N5O4S/c25-24(26,27)22-12-28-11-20(32-22)18-4-3-15-9-29-17(8-19(15)31-18)10-30-23(33)14-1-2-16-13-36-5-6-37(34,35)21(16)7-14/h1-4,7-9,11-12H,5-6,10,13H2,(H,30,33). The first-order valence-corrected chi connectivity index (χ1v) is 12.6. The Morgan fingerprint density at radius 1 is 1.03 bits per heavy atom. The highest BCUT2D eigenvalue weighted by Crippen LogP contribution is 2.29. The molecule has 0 radical (unpaired) electrons. The van der Waals surface area contributed by atoms with Crippen LogP contribution in [-0.4, -0.2) is 46.6 Å². The van der Waals surface area contributed by atoms with Gasteiger partial charge in [-0.15, -0.1) is 0 Å². The Kier molecular flexibility index (Phi) is 6.33. The van der Waals surface area contributed by atoms with Crippen molar-refractivity contribution in [2.24, 2.45) is 0 Å². The predicted octanol–water partition coefficient (Wildman–Crippen LogP) is 3.34. The molecule has 3 aromatic heterocycles. The SMILES string of the molecule is O=C(NCc1cc2nc(-c3cncc(C(F)(F)F)n3)ccc2cn1)c1ccc2c(c1)S(=O)(=O)CCOC2. The number of nitrogens with one attached hydrogen (secondary N) is 1. The largest absolute Gasteiger partial charge is 0.434 e. The van der Waals surface area contributed by atoms with Crippen LogP contribution in [0.5, 0.6) is 0 Å². The zero-order chi connectivity index (χ0) is 26.2. The molecule has 1 N–H and O–H groups in total. The highest BCUT2D eigenvalue weighted by Gasteiger charge is 2.33. The van der Waals surface area contributed by atoms with Gasteiger partial charge in [-0.3, -0.25) is 14.8 Å². The second kappa shape index (κ2) is 9.48. The molecule has 0 saturated heterocycles.